The van der Waals surface area contributed by atoms with Crippen LogP contribution in [-0.4, -0.2) is 12.5 Å². The van der Waals surface area contributed by atoms with E-state index in [1.54, 1.807) is 6.92 Å². The van der Waals surface area contributed by atoms with E-state index in [0.29, 0.717) is 17.0 Å². The van der Waals surface area contributed by atoms with Crippen LogP contribution in [0.2, 0.25) is 0 Å². The Morgan fingerprint density at radius 1 is 1.10 bits per heavy atom. The molecule has 2 aromatic rings. The van der Waals surface area contributed by atoms with Gasteiger partial charge in [-0.1, -0.05) is 0 Å². The van der Waals surface area contributed by atoms with Crippen LogP contribution in [0.15, 0.2) is 42.5 Å². The first-order chi connectivity index (χ1) is 10.0. The molecule has 2 rings (SSSR count). The molecule has 0 spiro atoms. The highest BCUT2D eigenvalue weighted by molar-refractivity contribution is 5.91. The molecule has 0 aliphatic rings. The average molecular weight is 291 g/mol. The number of ether oxygens (including phenoxy) is 1. The lowest BCUT2D eigenvalue weighted by molar-refractivity contribution is -0.116. The first-order valence-electron chi connectivity index (χ1n) is 6.49. The van der Waals surface area contributed by atoms with E-state index in [2.05, 4.69) is 5.32 Å². The summed E-state index contributed by atoms with van der Waals surface area (Å²) < 4.78 is 31.0. The zero-order chi connectivity index (χ0) is 15.2. The van der Waals surface area contributed by atoms with Crippen molar-refractivity contribution in [3.63, 3.8) is 0 Å². The number of amides is 1. The third-order valence-corrected chi connectivity index (χ3v) is 2.87. The van der Waals surface area contributed by atoms with E-state index in [1.165, 1.54) is 42.5 Å². The van der Waals surface area contributed by atoms with E-state index in [1.807, 2.05) is 0 Å². The Morgan fingerprint density at radius 2 is 1.76 bits per heavy atom. The third-order valence-electron chi connectivity index (χ3n) is 2.87. The lowest BCUT2D eigenvalue weighted by atomic mass is 10.2. The third kappa shape index (κ3) is 4.56. The maximum atomic E-state index is 12.9. The second-order valence-electron chi connectivity index (χ2n) is 4.56. The van der Waals surface area contributed by atoms with Crippen LogP contribution in [0.4, 0.5) is 14.5 Å². The molecule has 21 heavy (non-hydrogen) atoms. The minimum Gasteiger partial charge on any atom is -0.493 e. The van der Waals surface area contributed by atoms with E-state index >= 15 is 0 Å². The molecule has 0 saturated carbocycles. The number of anilines is 1. The van der Waals surface area contributed by atoms with Gasteiger partial charge in [0.05, 0.1) is 13.0 Å². The summed E-state index contributed by atoms with van der Waals surface area (Å²) in [5.74, 6) is -0.411. The minimum atomic E-state index is -0.342. The quantitative estimate of drug-likeness (QED) is 0.912. The monoisotopic (exact) mass is 291 g/mol. The van der Waals surface area contributed by atoms with E-state index in [0.717, 1.165) is 0 Å². The number of carbonyl (C=O) groups is 1. The molecule has 0 radical (unpaired) electrons. The number of hydrogen-bond donors (Lipinski definition) is 1. The summed E-state index contributed by atoms with van der Waals surface area (Å²) in [6, 6.07) is 9.73. The first-order valence-corrected chi connectivity index (χ1v) is 6.49. The fourth-order valence-corrected chi connectivity index (χ4v) is 1.77. The zero-order valence-electron chi connectivity index (χ0n) is 11.5. The molecule has 0 aromatic heterocycles. The van der Waals surface area contributed by atoms with Crippen molar-refractivity contribution >= 4 is 11.6 Å². The van der Waals surface area contributed by atoms with Gasteiger partial charge < -0.3 is 10.1 Å². The highest BCUT2D eigenvalue weighted by atomic mass is 19.1. The van der Waals surface area contributed by atoms with Crippen molar-refractivity contribution in [2.45, 2.75) is 13.3 Å². The first kappa shape index (κ1) is 15.0. The molecule has 0 aliphatic carbocycles. The van der Waals surface area contributed by atoms with Gasteiger partial charge in [-0.3, -0.25) is 4.79 Å². The second-order valence-corrected chi connectivity index (χ2v) is 4.56. The Hall–Kier alpha value is -2.43. The number of rotatable bonds is 5. The molecule has 0 bridgehead atoms. The number of carbonyl (C=O) groups excluding carboxylic acids is 1. The van der Waals surface area contributed by atoms with Crippen molar-refractivity contribution in [1.82, 2.24) is 0 Å². The molecule has 2 aromatic carbocycles. The summed E-state index contributed by atoms with van der Waals surface area (Å²) in [5, 5.41) is 2.69. The predicted molar refractivity (Wildman–Crippen MR) is 76.3 cm³/mol. The largest absolute Gasteiger partial charge is 0.493 e. The van der Waals surface area contributed by atoms with Gasteiger partial charge in [0, 0.05) is 5.69 Å². The van der Waals surface area contributed by atoms with Gasteiger partial charge in [-0.15, -0.1) is 0 Å². The van der Waals surface area contributed by atoms with Gasteiger partial charge in [-0.2, -0.15) is 0 Å². The van der Waals surface area contributed by atoms with E-state index in [4.69, 9.17) is 4.74 Å². The summed E-state index contributed by atoms with van der Waals surface area (Å²) in [4.78, 5) is 11.7. The molecule has 0 atom stereocenters. The van der Waals surface area contributed by atoms with Gasteiger partial charge >= 0.3 is 0 Å². The van der Waals surface area contributed by atoms with Crippen LogP contribution in [0, 0.1) is 18.6 Å². The van der Waals surface area contributed by atoms with Crippen LogP contribution in [0.1, 0.15) is 12.0 Å². The summed E-state index contributed by atoms with van der Waals surface area (Å²) >= 11 is 0. The van der Waals surface area contributed by atoms with Crippen LogP contribution < -0.4 is 10.1 Å². The van der Waals surface area contributed by atoms with Crippen LogP contribution >= 0.6 is 0 Å². The van der Waals surface area contributed by atoms with E-state index < -0.39 is 0 Å². The van der Waals surface area contributed by atoms with Crippen molar-refractivity contribution in [3.8, 4) is 5.75 Å². The van der Waals surface area contributed by atoms with Crippen molar-refractivity contribution < 1.29 is 18.3 Å². The Balaban J connectivity index is 1.81. The maximum Gasteiger partial charge on any atom is 0.227 e. The Kier molecular flexibility index (Phi) is 4.87. The average Bonchev–Trinajstić information content (AvgIpc) is 2.44. The lowest BCUT2D eigenvalue weighted by Gasteiger charge is -2.09. The van der Waals surface area contributed by atoms with Gasteiger partial charge in [0.1, 0.15) is 17.4 Å². The predicted octanol–water partition coefficient (Wildman–Crippen LogP) is 3.68. The summed E-state index contributed by atoms with van der Waals surface area (Å²) in [5.41, 5.74) is 1.23. The smallest absolute Gasteiger partial charge is 0.227 e. The fourth-order valence-electron chi connectivity index (χ4n) is 1.77. The van der Waals surface area contributed by atoms with Gasteiger partial charge in [0.15, 0.2) is 0 Å². The Bertz CT molecular complexity index is 627. The zero-order valence-corrected chi connectivity index (χ0v) is 11.5. The standard InChI is InChI=1S/C16H15F2NO2/c1-11-10-13(18)4-7-15(11)19-16(20)8-9-21-14-5-2-12(17)3-6-14/h2-7,10H,8-9H2,1H3,(H,19,20). The summed E-state index contributed by atoms with van der Waals surface area (Å²) in [6.07, 6.45) is 0.147. The summed E-state index contributed by atoms with van der Waals surface area (Å²) in [6.45, 7) is 1.89. The molecule has 5 heteroatoms. The molecule has 1 amide bonds. The van der Waals surface area contributed by atoms with Crippen molar-refractivity contribution in [2.75, 3.05) is 11.9 Å². The topological polar surface area (TPSA) is 38.3 Å². The van der Waals surface area contributed by atoms with Crippen LogP contribution in [0.25, 0.3) is 0 Å². The molecule has 110 valence electrons. The maximum absolute atomic E-state index is 12.9. The Labute approximate surface area is 121 Å². The van der Waals surface area contributed by atoms with Crippen LogP contribution in [-0.2, 0) is 4.79 Å². The van der Waals surface area contributed by atoms with Gasteiger partial charge in [0.2, 0.25) is 5.91 Å². The summed E-state index contributed by atoms with van der Waals surface area (Å²) in [7, 11) is 0. The lowest BCUT2D eigenvalue weighted by Crippen LogP contribution is -2.15. The SMILES string of the molecule is Cc1cc(F)ccc1NC(=O)CCOc1ccc(F)cc1. The van der Waals surface area contributed by atoms with Crippen molar-refractivity contribution in [1.29, 1.82) is 0 Å². The van der Waals surface area contributed by atoms with Crippen LogP contribution in [0.3, 0.4) is 0 Å². The molecular weight excluding hydrogens is 276 g/mol. The second kappa shape index (κ2) is 6.83. The van der Waals surface area contributed by atoms with Crippen molar-refractivity contribution in [2.24, 2.45) is 0 Å². The van der Waals surface area contributed by atoms with E-state index in [9.17, 15) is 13.6 Å². The molecule has 3 nitrogen and oxygen atoms in total. The van der Waals surface area contributed by atoms with Gasteiger partial charge in [0.25, 0.3) is 0 Å². The number of aryl methyl sites for hydroxylation is 1. The van der Waals surface area contributed by atoms with E-state index in [-0.39, 0.29) is 30.6 Å². The molecule has 0 aliphatic heterocycles. The van der Waals surface area contributed by atoms with Gasteiger partial charge in [-0.05, 0) is 55.0 Å². The molecule has 0 fully saturated rings. The normalized spacial score (nSPS) is 10.2. The molecule has 1 N–H and O–H groups in total. The number of benzene rings is 2. The van der Waals surface area contributed by atoms with Gasteiger partial charge in [-0.25, -0.2) is 8.78 Å². The minimum absolute atomic E-state index is 0.147. The number of nitrogens with one attached hydrogen (secondary N) is 1. The fraction of sp³-hybridized carbons (Fsp3) is 0.188. The molecule has 0 unspecified atom stereocenters. The molecule has 0 heterocycles. The molecular formula is C16H15F2NO2. The number of halogens is 2. The highest BCUT2D eigenvalue weighted by Gasteiger charge is 2.06. The highest BCUT2D eigenvalue weighted by Crippen LogP contribution is 2.16. The molecule has 0 saturated heterocycles. The Morgan fingerprint density at radius 3 is 2.43 bits per heavy atom. The van der Waals surface area contributed by atoms with Crippen molar-refractivity contribution in [3.05, 3.63) is 59.7 Å². The number of hydrogen-bond acceptors (Lipinski definition) is 2. The van der Waals surface area contributed by atoms with Crippen LogP contribution in [0.5, 0.6) is 5.75 Å².